The monoisotopic (exact) mass is 247 g/mol. The van der Waals surface area contributed by atoms with Crippen LogP contribution in [0.25, 0.3) is 0 Å². The molecule has 3 rings (SSSR count). The third kappa shape index (κ3) is 2.33. The predicted octanol–water partition coefficient (Wildman–Crippen LogP) is 0.610. The summed E-state index contributed by atoms with van der Waals surface area (Å²) in [5.74, 6) is 1.00. The van der Waals surface area contributed by atoms with Crippen LogP contribution in [0.5, 0.6) is 0 Å². The number of nitrogens with zero attached hydrogens (tertiary/aromatic N) is 4. The summed E-state index contributed by atoms with van der Waals surface area (Å²) < 4.78 is 0. The molecular weight excluding hydrogens is 226 g/mol. The Morgan fingerprint density at radius 1 is 1.17 bits per heavy atom. The second-order valence-electron chi connectivity index (χ2n) is 5.22. The second-order valence-corrected chi connectivity index (χ2v) is 5.22. The normalized spacial score (nSPS) is 24.9. The number of hydrogen-bond acceptors (Lipinski definition) is 5. The lowest BCUT2D eigenvalue weighted by atomic mass is 10.2. The van der Waals surface area contributed by atoms with Gasteiger partial charge in [-0.3, -0.25) is 4.90 Å². The second kappa shape index (κ2) is 5.20. The molecule has 3 heterocycles. The lowest BCUT2D eigenvalue weighted by molar-refractivity contribution is 0.273. The van der Waals surface area contributed by atoms with E-state index in [1.165, 1.54) is 32.4 Å². The molecule has 0 amide bonds. The molecule has 0 bridgehead atoms. The van der Waals surface area contributed by atoms with Crippen molar-refractivity contribution in [2.75, 3.05) is 31.1 Å². The molecule has 0 spiro atoms. The third-order valence-corrected chi connectivity index (χ3v) is 4.04. The van der Waals surface area contributed by atoms with Crippen molar-refractivity contribution >= 4 is 5.82 Å². The van der Waals surface area contributed by atoms with Crippen molar-refractivity contribution in [3.8, 4) is 0 Å². The Balaban J connectivity index is 1.74. The van der Waals surface area contributed by atoms with E-state index >= 15 is 0 Å². The zero-order valence-corrected chi connectivity index (χ0v) is 10.8. The topological polar surface area (TPSA) is 58.3 Å². The summed E-state index contributed by atoms with van der Waals surface area (Å²) in [6.45, 7) is 5.15. The maximum Gasteiger partial charge on any atom is 0.151 e. The molecule has 2 saturated heterocycles. The molecule has 5 nitrogen and oxygen atoms in total. The fourth-order valence-corrected chi connectivity index (χ4v) is 3.05. The van der Waals surface area contributed by atoms with Crippen molar-refractivity contribution in [3.05, 3.63) is 17.8 Å². The van der Waals surface area contributed by atoms with E-state index in [0.29, 0.717) is 12.6 Å². The molecule has 0 aliphatic carbocycles. The van der Waals surface area contributed by atoms with Crippen LogP contribution in [0.4, 0.5) is 5.82 Å². The van der Waals surface area contributed by atoms with Gasteiger partial charge in [-0.05, 0) is 37.9 Å². The average molecular weight is 247 g/mol. The number of fused-ring (bicyclic) bond motifs is 1. The van der Waals surface area contributed by atoms with Crippen molar-refractivity contribution in [2.45, 2.75) is 31.8 Å². The minimum atomic E-state index is 0.462. The van der Waals surface area contributed by atoms with Gasteiger partial charge in [-0.2, -0.15) is 5.10 Å². The Kier molecular flexibility index (Phi) is 3.43. The van der Waals surface area contributed by atoms with Crippen LogP contribution in [0.15, 0.2) is 12.1 Å². The van der Waals surface area contributed by atoms with Crippen LogP contribution in [-0.2, 0) is 6.54 Å². The molecule has 2 N–H and O–H groups in total. The quantitative estimate of drug-likeness (QED) is 0.830. The minimum absolute atomic E-state index is 0.462. The van der Waals surface area contributed by atoms with Gasteiger partial charge in [-0.1, -0.05) is 0 Å². The van der Waals surface area contributed by atoms with Crippen LogP contribution >= 0.6 is 0 Å². The van der Waals surface area contributed by atoms with Crippen molar-refractivity contribution < 1.29 is 0 Å². The number of hydrogen-bond donors (Lipinski definition) is 1. The van der Waals surface area contributed by atoms with Crippen molar-refractivity contribution in [1.29, 1.82) is 0 Å². The van der Waals surface area contributed by atoms with E-state index in [-0.39, 0.29) is 0 Å². The van der Waals surface area contributed by atoms with Crippen LogP contribution in [0, 0.1) is 0 Å². The molecule has 1 aromatic rings. The van der Waals surface area contributed by atoms with Gasteiger partial charge < -0.3 is 10.6 Å². The summed E-state index contributed by atoms with van der Waals surface area (Å²) in [5, 5.41) is 8.46. The highest BCUT2D eigenvalue weighted by Gasteiger charge is 2.29. The number of nitrogens with two attached hydrogens (primary N) is 1. The van der Waals surface area contributed by atoms with Crippen LogP contribution in [-0.4, -0.2) is 47.3 Å². The van der Waals surface area contributed by atoms with Gasteiger partial charge in [0.2, 0.25) is 0 Å². The van der Waals surface area contributed by atoms with Crippen LogP contribution < -0.4 is 10.6 Å². The van der Waals surface area contributed by atoms with Gasteiger partial charge in [-0.15, -0.1) is 5.10 Å². The van der Waals surface area contributed by atoms with Gasteiger partial charge in [0.15, 0.2) is 5.82 Å². The Morgan fingerprint density at radius 2 is 2.06 bits per heavy atom. The highest BCUT2D eigenvalue weighted by Crippen LogP contribution is 2.23. The standard InChI is InChI=1S/C13H21N5/c14-9-11-4-5-13(16-15-11)18-8-2-7-17-6-1-3-12(17)10-18/h4-5,12H,1-3,6-10,14H2. The third-order valence-electron chi connectivity index (χ3n) is 4.04. The van der Waals surface area contributed by atoms with E-state index in [0.717, 1.165) is 24.6 Å². The highest BCUT2D eigenvalue weighted by atomic mass is 15.3. The van der Waals surface area contributed by atoms with Crippen molar-refractivity contribution in [2.24, 2.45) is 5.73 Å². The van der Waals surface area contributed by atoms with Crippen LogP contribution in [0.2, 0.25) is 0 Å². The first-order valence-corrected chi connectivity index (χ1v) is 6.88. The van der Waals surface area contributed by atoms with Gasteiger partial charge in [-0.25, -0.2) is 0 Å². The predicted molar refractivity (Wildman–Crippen MR) is 71.3 cm³/mol. The maximum absolute atomic E-state index is 5.55. The lowest BCUT2D eigenvalue weighted by Gasteiger charge is -2.26. The first-order chi connectivity index (χ1) is 8.86. The van der Waals surface area contributed by atoms with Gasteiger partial charge in [0, 0.05) is 32.2 Å². The molecule has 0 radical (unpaired) electrons. The average Bonchev–Trinajstić information content (AvgIpc) is 2.76. The minimum Gasteiger partial charge on any atom is -0.354 e. The Hall–Kier alpha value is -1.20. The summed E-state index contributed by atoms with van der Waals surface area (Å²) in [4.78, 5) is 5.00. The zero-order valence-electron chi connectivity index (χ0n) is 10.8. The molecule has 2 aliphatic heterocycles. The Morgan fingerprint density at radius 3 is 2.83 bits per heavy atom. The number of aromatic nitrogens is 2. The van der Waals surface area contributed by atoms with E-state index in [1.807, 2.05) is 6.07 Å². The molecule has 1 atom stereocenters. The van der Waals surface area contributed by atoms with E-state index in [2.05, 4.69) is 26.1 Å². The van der Waals surface area contributed by atoms with Crippen LogP contribution in [0.3, 0.4) is 0 Å². The molecular formula is C13H21N5. The van der Waals surface area contributed by atoms with E-state index in [9.17, 15) is 0 Å². The largest absolute Gasteiger partial charge is 0.354 e. The molecule has 1 unspecified atom stereocenters. The Labute approximate surface area is 108 Å². The first kappa shape index (κ1) is 11.9. The van der Waals surface area contributed by atoms with E-state index < -0.39 is 0 Å². The van der Waals surface area contributed by atoms with Gasteiger partial charge in [0.1, 0.15) is 0 Å². The first-order valence-electron chi connectivity index (χ1n) is 6.88. The van der Waals surface area contributed by atoms with E-state index in [4.69, 9.17) is 5.73 Å². The summed E-state index contributed by atoms with van der Waals surface area (Å²) in [7, 11) is 0. The molecule has 98 valence electrons. The molecule has 0 aromatic carbocycles. The maximum atomic E-state index is 5.55. The fourth-order valence-electron chi connectivity index (χ4n) is 3.05. The summed E-state index contributed by atoms with van der Waals surface area (Å²) in [6.07, 6.45) is 3.89. The number of rotatable bonds is 2. The van der Waals surface area contributed by atoms with Gasteiger partial charge in [0.05, 0.1) is 5.69 Å². The van der Waals surface area contributed by atoms with Gasteiger partial charge in [0.25, 0.3) is 0 Å². The molecule has 5 heteroatoms. The van der Waals surface area contributed by atoms with E-state index in [1.54, 1.807) is 0 Å². The summed E-state index contributed by atoms with van der Waals surface area (Å²) >= 11 is 0. The molecule has 2 aliphatic rings. The SMILES string of the molecule is NCc1ccc(N2CCCN3CCCC3C2)nn1. The molecule has 18 heavy (non-hydrogen) atoms. The Bertz CT molecular complexity index is 391. The number of anilines is 1. The highest BCUT2D eigenvalue weighted by molar-refractivity contribution is 5.38. The molecule has 2 fully saturated rings. The summed E-state index contributed by atoms with van der Waals surface area (Å²) in [6, 6.07) is 4.75. The van der Waals surface area contributed by atoms with Gasteiger partial charge >= 0.3 is 0 Å². The summed E-state index contributed by atoms with van der Waals surface area (Å²) in [5.41, 5.74) is 6.41. The zero-order chi connectivity index (χ0) is 12.4. The molecule has 0 saturated carbocycles. The smallest absolute Gasteiger partial charge is 0.151 e. The van der Waals surface area contributed by atoms with Crippen LogP contribution in [0.1, 0.15) is 25.0 Å². The lowest BCUT2D eigenvalue weighted by Crippen LogP contribution is -2.37. The van der Waals surface area contributed by atoms with Crippen molar-refractivity contribution in [3.63, 3.8) is 0 Å². The fraction of sp³-hybridized carbons (Fsp3) is 0.692. The van der Waals surface area contributed by atoms with Crippen molar-refractivity contribution in [1.82, 2.24) is 15.1 Å². The molecule has 1 aromatic heterocycles.